The summed E-state index contributed by atoms with van der Waals surface area (Å²) in [6, 6.07) is 9.49. The molecule has 1 atom stereocenters. The van der Waals surface area contributed by atoms with Crippen molar-refractivity contribution >= 4 is 11.5 Å². The Hall–Kier alpha value is -2.25. The van der Waals surface area contributed by atoms with Gasteiger partial charge in [0.05, 0.1) is 5.69 Å². The molecule has 0 fully saturated rings. The van der Waals surface area contributed by atoms with Crippen LogP contribution in [0.25, 0.3) is 5.69 Å². The first kappa shape index (κ1) is 13.7. The standard InChI is InChI=1S/C14H14N4O2S/c1-10(19-2)13-16-14(21-17-13)20-12-6-4-11(5-7-12)18-9-3-8-15-18/h3-10H,1-2H3/t10-/m1/s1. The third-order valence-electron chi connectivity index (χ3n) is 2.95. The Morgan fingerprint density at radius 3 is 2.71 bits per heavy atom. The highest BCUT2D eigenvalue weighted by molar-refractivity contribution is 7.07. The molecule has 0 bridgehead atoms. The van der Waals surface area contributed by atoms with Crippen molar-refractivity contribution in [3.63, 3.8) is 0 Å². The molecule has 0 spiro atoms. The van der Waals surface area contributed by atoms with Crippen LogP contribution in [0, 0.1) is 0 Å². The maximum atomic E-state index is 5.69. The fraction of sp³-hybridized carbons (Fsp3) is 0.214. The molecule has 6 nitrogen and oxygen atoms in total. The van der Waals surface area contributed by atoms with Gasteiger partial charge in [0.25, 0.3) is 5.19 Å². The zero-order valence-corrected chi connectivity index (χ0v) is 12.4. The van der Waals surface area contributed by atoms with Crippen LogP contribution in [-0.4, -0.2) is 26.2 Å². The highest BCUT2D eigenvalue weighted by Gasteiger charge is 2.12. The van der Waals surface area contributed by atoms with Gasteiger partial charge >= 0.3 is 0 Å². The van der Waals surface area contributed by atoms with Gasteiger partial charge in [0.15, 0.2) is 5.82 Å². The summed E-state index contributed by atoms with van der Waals surface area (Å²) in [5, 5.41) is 4.67. The SMILES string of the molecule is CO[C@H](C)c1nsc(Oc2ccc(-n3cccn3)cc2)n1. The molecule has 0 aliphatic rings. The van der Waals surface area contributed by atoms with Crippen molar-refractivity contribution < 1.29 is 9.47 Å². The molecule has 0 N–H and O–H groups in total. The third kappa shape index (κ3) is 3.09. The lowest BCUT2D eigenvalue weighted by molar-refractivity contribution is 0.113. The summed E-state index contributed by atoms with van der Waals surface area (Å²) in [6.45, 7) is 1.89. The summed E-state index contributed by atoms with van der Waals surface area (Å²) >= 11 is 1.21. The Balaban J connectivity index is 1.72. The van der Waals surface area contributed by atoms with Crippen LogP contribution in [0.5, 0.6) is 10.9 Å². The number of aromatic nitrogens is 4. The molecule has 3 aromatic rings. The average Bonchev–Trinajstić information content (AvgIpc) is 3.18. The molecule has 21 heavy (non-hydrogen) atoms. The summed E-state index contributed by atoms with van der Waals surface area (Å²) in [7, 11) is 1.63. The minimum Gasteiger partial charge on any atom is -0.430 e. The van der Waals surface area contributed by atoms with Crippen LogP contribution in [0.1, 0.15) is 18.9 Å². The van der Waals surface area contributed by atoms with E-state index < -0.39 is 0 Å². The van der Waals surface area contributed by atoms with Crippen molar-refractivity contribution in [3.8, 4) is 16.6 Å². The molecule has 0 amide bonds. The second kappa shape index (κ2) is 6.02. The molecular weight excluding hydrogens is 288 g/mol. The van der Waals surface area contributed by atoms with Gasteiger partial charge in [0, 0.05) is 31.0 Å². The first-order chi connectivity index (χ1) is 10.3. The van der Waals surface area contributed by atoms with E-state index in [1.165, 1.54) is 11.5 Å². The second-order valence-electron chi connectivity index (χ2n) is 4.34. The van der Waals surface area contributed by atoms with Gasteiger partial charge in [0.2, 0.25) is 0 Å². The maximum absolute atomic E-state index is 5.69. The van der Waals surface area contributed by atoms with Crippen molar-refractivity contribution in [1.82, 2.24) is 19.1 Å². The first-order valence-corrected chi connectivity index (χ1v) is 7.18. The third-order valence-corrected chi connectivity index (χ3v) is 3.56. The van der Waals surface area contributed by atoms with Crippen LogP contribution in [-0.2, 0) is 4.74 Å². The van der Waals surface area contributed by atoms with Crippen LogP contribution >= 0.6 is 11.5 Å². The van der Waals surface area contributed by atoms with E-state index in [1.807, 2.05) is 43.5 Å². The predicted octanol–water partition coefficient (Wildman–Crippen LogP) is 3.22. The van der Waals surface area contributed by atoms with E-state index in [2.05, 4.69) is 14.5 Å². The number of hydrogen-bond donors (Lipinski definition) is 0. The molecule has 2 aromatic heterocycles. The molecule has 2 heterocycles. The Bertz CT molecular complexity index is 694. The minimum absolute atomic E-state index is 0.138. The molecule has 0 unspecified atom stereocenters. The Kier molecular flexibility index (Phi) is 3.94. The van der Waals surface area contributed by atoms with E-state index in [9.17, 15) is 0 Å². The van der Waals surface area contributed by atoms with E-state index in [-0.39, 0.29) is 6.10 Å². The summed E-state index contributed by atoms with van der Waals surface area (Å²) < 4.78 is 16.9. The topological polar surface area (TPSA) is 62.1 Å². The molecule has 108 valence electrons. The molecule has 0 saturated carbocycles. The van der Waals surface area contributed by atoms with Crippen LogP contribution in [0.4, 0.5) is 0 Å². The summed E-state index contributed by atoms with van der Waals surface area (Å²) in [6.07, 6.45) is 3.49. The molecule has 0 aliphatic carbocycles. The van der Waals surface area contributed by atoms with Gasteiger partial charge in [-0.15, -0.1) is 0 Å². The number of nitrogens with zero attached hydrogens (tertiary/aromatic N) is 4. The Morgan fingerprint density at radius 2 is 2.05 bits per heavy atom. The molecule has 3 rings (SSSR count). The number of ether oxygens (including phenoxy) is 2. The van der Waals surface area contributed by atoms with Crippen LogP contribution in [0.3, 0.4) is 0 Å². The number of benzene rings is 1. The maximum Gasteiger partial charge on any atom is 0.298 e. The Labute approximate surface area is 126 Å². The lowest BCUT2D eigenvalue weighted by Gasteiger charge is -2.04. The first-order valence-electron chi connectivity index (χ1n) is 6.40. The smallest absolute Gasteiger partial charge is 0.298 e. The van der Waals surface area contributed by atoms with Gasteiger partial charge in [-0.3, -0.25) is 0 Å². The van der Waals surface area contributed by atoms with E-state index in [0.717, 1.165) is 5.69 Å². The van der Waals surface area contributed by atoms with Crippen molar-refractivity contribution in [2.75, 3.05) is 7.11 Å². The fourth-order valence-electron chi connectivity index (χ4n) is 1.72. The number of rotatable bonds is 5. The predicted molar refractivity (Wildman–Crippen MR) is 79.0 cm³/mol. The van der Waals surface area contributed by atoms with Crippen molar-refractivity contribution in [1.29, 1.82) is 0 Å². The van der Waals surface area contributed by atoms with Crippen molar-refractivity contribution in [3.05, 3.63) is 48.5 Å². The zero-order valence-electron chi connectivity index (χ0n) is 11.6. The van der Waals surface area contributed by atoms with Crippen molar-refractivity contribution in [2.45, 2.75) is 13.0 Å². The Morgan fingerprint density at radius 1 is 1.24 bits per heavy atom. The van der Waals surface area contributed by atoms with Crippen LogP contribution in [0.2, 0.25) is 0 Å². The summed E-state index contributed by atoms with van der Waals surface area (Å²) in [5.41, 5.74) is 0.971. The minimum atomic E-state index is -0.138. The van der Waals surface area contributed by atoms with Gasteiger partial charge in [0.1, 0.15) is 11.9 Å². The quantitative estimate of drug-likeness (QED) is 0.724. The largest absolute Gasteiger partial charge is 0.430 e. The van der Waals surface area contributed by atoms with E-state index in [4.69, 9.17) is 9.47 Å². The van der Waals surface area contributed by atoms with Gasteiger partial charge in [-0.25, -0.2) is 4.68 Å². The second-order valence-corrected chi connectivity index (χ2v) is 5.06. The summed E-state index contributed by atoms with van der Waals surface area (Å²) in [5.74, 6) is 1.34. The molecule has 1 aromatic carbocycles. The highest BCUT2D eigenvalue weighted by atomic mass is 32.1. The van der Waals surface area contributed by atoms with E-state index in [0.29, 0.717) is 16.8 Å². The lowest BCUT2D eigenvalue weighted by atomic mass is 10.3. The van der Waals surface area contributed by atoms with Crippen LogP contribution < -0.4 is 4.74 Å². The average molecular weight is 302 g/mol. The van der Waals surface area contributed by atoms with Gasteiger partial charge in [-0.05, 0) is 37.3 Å². The van der Waals surface area contributed by atoms with Crippen LogP contribution in [0.15, 0.2) is 42.7 Å². The zero-order chi connectivity index (χ0) is 14.7. The number of methoxy groups -OCH3 is 1. The number of hydrogen-bond acceptors (Lipinski definition) is 6. The molecule has 0 radical (unpaired) electrons. The highest BCUT2D eigenvalue weighted by Crippen LogP contribution is 2.26. The van der Waals surface area contributed by atoms with Crippen molar-refractivity contribution in [2.24, 2.45) is 0 Å². The monoisotopic (exact) mass is 302 g/mol. The lowest BCUT2D eigenvalue weighted by Crippen LogP contribution is -1.97. The normalized spacial score (nSPS) is 12.3. The molecule has 0 saturated heterocycles. The fourth-order valence-corrected chi connectivity index (χ4v) is 2.35. The molecule has 7 heteroatoms. The van der Waals surface area contributed by atoms with E-state index >= 15 is 0 Å². The van der Waals surface area contributed by atoms with Gasteiger partial charge < -0.3 is 9.47 Å². The molecular formula is C14H14N4O2S. The van der Waals surface area contributed by atoms with E-state index in [1.54, 1.807) is 18.0 Å². The molecule has 0 aliphatic heterocycles. The van der Waals surface area contributed by atoms with Gasteiger partial charge in [-0.1, -0.05) is 0 Å². The summed E-state index contributed by atoms with van der Waals surface area (Å²) in [4.78, 5) is 4.29. The van der Waals surface area contributed by atoms with Gasteiger partial charge in [-0.2, -0.15) is 14.5 Å².